The molecule has 0 aromatic rings. The zero-order valence-corrected chi connectivity index (χ0v) is 7.75. The quantitative estimate of drug-likeness (QED) is 0.606. The fourth-order valence-corrected chi connectivity index (χ4v) is 2.84. The molecule has 0 saturated carbocycles. The second-order valence-corrected chi connectivity index (χ2v) is 4.54. The fourth-order valence-electron chi connectivity index (χ4n) is 1.47. The molecule has 1 unspecified atom stereocenters. The van der Waals surface area contributed by atoms with Gasteiger partial charge in [-0.2, -0.15) is 11.8 Å². The highest BCUT2D eigenvalue weighted by Crippen LogP contribution is 2.28. The van der Waals surface area contributed by atoms with Crippen molar-refractivity contribution in [1.82, 2.24) is 0 Å². The minimum atomic E-state index is 1.02. The van der Waals surface area contributed by atoms with E-state index in [0.29, 0.717) is 0 Å². The summed E-state index contributed by atoms with van der Waals surface area (Å²) in [5, 5.41) is 1.02. The first-order valence-corrected chi connectivity index (χ1v) is 5.60. The molecule has 0 radical (unpaired) electrons. The molecule has 0 aliphatic carbocycles. The van der Waals surface area contributed by atoms with Crippen LogP contribution in [0.5, 0.6) is 0 Å². The second-order valence-electron chi connectivity index (χ2n) is 3.13. The molecule has 0 spiro atoms. The highest BCUT2D eigenvalue weighted by Gasteiger charge is 2.12. The van der Waals surface area contributed by atoms with Gasteiger partial charge in [0.2, 0.25) is 0 Å². The molecule has 0 aromatic carbocycles. The standard InChI is InChI=1S/C9H18S/c1-2-3-6-9-7-4-5-8-10-9/h9H,2-8H2,1H3. The predicted molar refractivity (Wildman–Crippen MR) is 49.6 cm³/mol. The molecule has 0 aromatic heterocycles. The summed E-state index contributed by atoms with van der Waals surface area (Å²) in [6.45, 7) is 2.29. The van der Waals surface area contributed by atoms with E-state index in [-0.39, 0.29) is 0 Å². The van der Waals surface area contributed by atoms with Gasteiger partial charge in [0.05, 0.1) is 0 Å². The van der Waals surface area contributed by atoms with Crippen LogP contribution < -0.4 is 0 Å². The summed E-state index contributed by atoms with van der Waals surface area (Å²) in [7, 11) is 0. The van der Waals surface area contributed by atoms with Crippen molar-refractivity contribution >= 4 is 11.8 Å². The average molecular weight is 158 g/mol. The summed E-state index contributed by atoms with van der Waals surface area (Å²) in [6.07, 6.45) is 8.73. The van der Waals surface area contributed by atoms with Gasteiger partial charge in [-0.05, 0) is 25.0 Å². The van der Waals surface area contributed by atoms with Crippen LogP contribution in [0.4, 0.5) is 0 Å². The van der Waals surface area contributed by atoms with Crippen molar-refractivity contribution in [3.8, 4) is 0 Å². The lowest BCUT2D eigenvalue weighted by Crippen LogP contribution is -2.08. The summed E-state index contributed by atoms with van der Waals surface area (Å²) in [4.78, 5) is 0. The van der Waals surface area contributed by atoms with Gasteiger partial charge >= 0.3 is 0 Å². The maximum Gasteiger partial charge on any atom is 0.00470 e. The lowest BCUT2D eigenvalue weighted by molar-refractivity contribution is 0.601. The van der Waals surface area contributed by atoms with Gasteiger partial charge in [-0.15, -0.1) is 0 Å². The Balaban J connectivity index is 2.02. The van der Waals surface area contributed by atoms with Crippen LogP contribution in [0.1, 0.15) is 45.4 Å². The van der Waals surface area contributed by atoms with Crippen LogP contribution in [0, 0.1) is 0 Å². The Bertz CT molecular complexity index is 74.8. The van der Waals surface area contributed by atoms with Gasteiger partial charge in [-0.3, -0.25) is 0 Å². The highest BCUT2D eigenvalue weighted by atomic mass is 32.2. The molecule has 1 saturated heterocycles. The Morgan fingerprint density at radius 1 is 1.40 bits per heavy atom. The molecule has 1 atom stereocenters. The van der Waals surface area contributed by atoms with Crippen molar-refractivity contribution in [2.45, 2.75) is 50.7 Å². The molecular weight excluding hydrogens is 140 g/mol. The number of thioether (sulfide) groups is 1. The molecule has 0 amide bonds. The van der Waals surface area contributed by atoms with Crippen LogP contribution >= 0.6 is 11.8 Å². The first-order chi connectivity index (χ1) is 4.93. The minimum Gasteiger partial charge on any atom is -0.159 e. The average Bonchev–Trinajstić information content (AvgIpc) is 2.03. The number of rotatable bonds is 3. The van der Waals surface area contributed by atoms with E-state index >= 15 is 0 Å². The monoisotopic (exact) mass is 158 g/mol. The van der Waals surface area contributed by atoms with Crippen molar-refractivity contribution in [2.24, 2.45) is 0 Å². The molecule has 0 nitrogen and oxygen atoms in total. The third kappa shape index (κ3) is 2.96. The molecule has 1 rings (SSSR count). The Morgan fingerprint density at radius 3 is 2.90 bits per heavy atom. The third-order valence-corrected chi connectivity index (χ3v) is 3.62. The molecule has 1 heteroatoms. The van der Waals surface area contributed by atoms with Crippen LogP contribution in [0.3, 0.4) is 0 Å². The summed E-state index contributed by atoms with van der Waals surface area (Å²) < 4.78 is 0. The zero-order valence-electron chi connectivity index (χ0n) is 6.94. The lowest BCUT2D eigenvalue weighted by atomic mass is 10.1. The van der Waals surface area contributed by atoms with Crippen molar-refractivity contribution in [1.29, 1.82) is 0 Å². The maximum atomic E-state index is 2.29. The topological polar surface area (TPSA) is 0 Å². The normalized spacial score (nSPS) is 26.7. The Hall–Kier alpha value is 0.350. The Labute approximate surface area is 68.8 Å². The second kappa shape index (κ2) is 5.06. The highest BCUT2D eigenvalue weighted by molar-refractivity contribution is 7.99. The Kier molecular flexibility index (Phi) is 4.27. The number of hydrogen-bond donors (Lipinski definition) is 0. The van der Waals surface area contributed by atoms with E-state index in [1.54, 1.807) is 0 Å². The van der Waals surface area contributed by atoms with Gasteiger partial charge in [0.25, 0.3) is 0 Å². The van der Waals surface area contributed by atoms with E-state index in [9.17, 15) is 0 Å². The molecule has 0 bridgehead atoms. The summed E-state index contributed by atoms with van der Waals surface area (Å²) in [5.41, 5.74) is 0. The summed E-state index contributed by atoms with van der Waals surface area (Å²) >= 11 is 2.20. The van der Waals surface area contributed by atoms with Crippen LogP contribution in [-0.4, -0.2) is 11.0 Å². The molecule has 1 heterocycles. The van der Waals surface area contributed by atoms with Gasteiger partial charge in [-0.25, -0.2) is 0 Å². The predicted octanol–water partition coefficient (Wildman–Crippen LogP) is 3.46. The zero-order chi connectivity index (χ0) is 7.23. The summed E-state index contributed by atoms with van der Waals surface area (Å²) in [6, 6.07) is 0. The smallest absolute Gasteiger partial charge is 0.00470 e. The van der Waals surface area contributed by atoms with E-state index in [2.05, 4.69) is 18.7 Å². The minimum absolute atomic E-state index is 1.02. The van der Waals surface area contributed by atoms with Crippen molar-refractivity contribution in [3.63, 3.8) is 0 Å². The number of unbranched alkanes of at least 4 members (excludes halogenated alkanes) is 1. The van der Waals surface area contributed by atoms with Gasteiger partial charge in [-0.1, -0.05) is 26.2 Å². The SMILES string of the molecule is CCCCC1CCCCS1. The Morgan fingerprint density at radius 2 is 2.30 bits per heavy atom. The van der Waals surface area contributed by atoms with E-state index in [4.69, 9.17) is 0 Å². The lowest BCUT2D eigenvalue weighted by Gasteiger charge is -2.20. The third-order valence-electron chi connectivity index (χ3n) is 2.15. The summed E-state index contributed by atoms with van der Waals surface area (Å²) in [5.74, 6) is 1.42. The maximum absolute atomic E-state index is 2.29. The van der Waals surface area contributed by atoms with E-state index in [0.717, 1.165) is 5.25 Å². The van der Waals surface area contributed by atoms with E-state index in [1.165, 1.54) is 44.3 Å². The van der Waals surface area contributed by atoms with Gasteiger partial charge in [0, 0.05) is 5.25 Å². The van der Waals surface area contributed by atoms with Crippen LogP contribution in [0.25, 0.3) is 0 Å². The molecule has 1 fully saturated rings. The molecule has 1 aliphatic heterocycles. The van der Waals surface area contributed by atoms with Gasteiger partial charge < -0.3 is 0 Å². The molecule has 60 valence electrons. The first kappa shape index (κ1) is 8.45. The van der Waals surface area contributed by atoms with E-state index in [1.807, 2.05) is 0 Å². The fraction of sp³-hybridized carbons (Fsp3) is 1.00. The largest absolute Gasteiger partial charge is 0.159 e. The van der Waals surface area contributed by atoms with Crippen molar-refractivity contribution < 1.29 is 0 Å². The van der Waals surface area contributed by atoms with Crippen LogP contribution in [0.15, 0.2) is 0 Å². The van der Waals surface area contributed by atoms with E-state index < -0.39 is 0 Å². The first-order valence-electron chi connectivity index (χ1n) is 4.55. The van der Waals surface area contributed by atoms with Crippen molar-refractivity contribution in [3.05, 3.63) is 0 Å². The molecular formula is C9H18S. The molecule has 10 heavy (non-hydrogen) atoms. The number of hydrogen-bond acceptors (Lipinski definition) is 1. The van der Waals surface area contributed by atoms with Crippen LogP contribution in [-0.2, 0) is 0 Å². The van der Waals surface area contributed by atoms with Crippen molar-refractivity contribution in [2.75, 3.05) is 5.75 Å². The van der Waals surface area contributed by atoms with Crippen LogP contribution in [0.2, 0.25) is 0 Å². The van der Waals surface area contributed by atoms with Gasteiger partial charge in [0.15, 0.2) is 0 Å². The molecule has 0 N–H and O–H groups in total. The van der Waals surface area contributed by atoms with Gasteiger partial charge in [0.1, 0.15) is 0 Å². The molecule has 1 aliphatic rings.